The number of nitrogens with zero attached hydrogens (tertiary/aromatic N) is 3. The predicted octanol–water partition coefficient (Wildman–Crippen LogP) is 3.74. The second-order valence-electron chi connectivity index (χ2n) is 6.63. The minimum Gasteiger partial charge on any atom is -0.480 e. The Morgan fingerprint density at radius 3 is 2.34 bits per heavy atom. The van der Waals surface area contributed by atoms with Gasteiger partial charge < -0.3 is 14.9 Å². The van der Waals surface area contributed by atoms with Crippen LogP contribution in [0, 0.1) is 5.82 Å². The topological polar surface area (TPSA) is 73.7 Å². The Bertz CT molecular complexity index is 1000. The Morgan fingerprint density at radius 1 is 1.07 bits per heavy atom. The fourth-order valence-electron chi connectivity index (χ4n) is 2.78. The van der Waals surface area contributed by atoms with E-state index in [2.05, 4.69) is 4.98 Å². The summed E-state index contributed by atoms with van der Waals surface area (Å²) >= 11 is 1.50. The Balaban J connectivity index is 1.65. The van der Waals surface area contributed by atoms with Crippen molar-refractivity contribution >= 4 is 28.3 Å². The molecule has 6 nitrogen and oxygen atoms in total. The van der Waals surface area contributed by atoms with Gasteiger partial charge in [-0.15, -0.1) is 11.3 Å². The molecule has 2 aromatic carbocycles. The van der Waals surface area contributed by atoms with Crippen LogP contribution in [0.1, 0.15) is 15.9 Å². The molecule has 29 heavy (non-hydrogen) atoms. The van der Waals surface area contributed by atoms with Crippen LogP contribution in [0.5, 0.6) is 0 Å². The molecule has 1 aromatic heterocycles. The molecule has 0 aliphatic rings. The smallest absolute Gasteiger partial charge is 0.323 e. The van der Waals surface area contributed by atoms with E-state index < -0.39 is 5.97 Å². The van der Waals surface area contributed by atoms with Crippen LogP contribution in [0.4, 0.5) is 9.52 Å². The van der Waals surface area contributed by atoms with Crippen LogP contribution in [0.3, 0.4) is 0 Å². The van der Waals surface area contributed by atoms with Crippen LogP contribution < -0.4 is 4.90 Å². The number of amides is 1. The third-order valence-corrected chi connectivity index (χ3v) is 5.25. The molecule has 0 saturated carbocycles. The third kappa shape index (κ3) is 5.17. The number of rotatable bonds is 7. The molecular formula is C21H20FN3O3S. The molecule has 0 bridgehead atoms. The number of likely N-dealkylation sites (N-methyl/N-ethyl adjacent to an activating group) is 1. The lowest BCUT2D eigenvalue weighted by Gasteiger charge is -2.17. The Kier molecular flexibility index (Phi) is 6.23. The van der Waals surface area contributed by atoms with Crippen LogP contribution in [0.25, 0.3) is 11.3 Å². The maximum Gasteiger partial charge on any atom is 0.323 e. The average Bonchev–Trinajstić information content (AvgIpc) is 3.18. The summed E-state index contributed by atoms with van der Waals surface area (Å²) in [6, 6.07) is 13.3. The molecule has 0 fully saturated rings. The van der Waals surface area contributed by atoms with Gasteiger partial charge in [0.25, 0.3) is 5.91 Å². The number of hydrogen-bond donors (Lipinski definition) is 1. The first-order chi connectivity index (χ1) is 13.8. The molecule has 3 rings (SSSR count). The van der Waals surface area contributed by atoms with Gasteiger partial charge in [0.2, 0.25) is 0 Å². The van der Waals surface area contributed by atoms with E-state index in [1.807, 2.05) is 29.5 Å². The van der Waals surface area contributed by atoms with Gasteiger partial charge >= 0.3 is 5.97 Å². The summed E-state index contributed by atoms with van der Waals surface area (Å²) in [4.78, 5) is 30.7. The van der Waals surface area contributed by atoms with Crippen molar-refractivity contribution in [1.29, 1.82) is 0 Å². The van der Waals surface area contributed by atoms with Crippen molar-refractivity contribution in [3.63, 3.8) is 0 Å². The molecule has 0 radical (unpaired) electrons. The van der Waals surface area contributed by atoms with Crippen molar-refractivity contribution in [3.05, 3.63) is 70.9 Å². The Labute approximate surface area is 171 Å². The van der Waals surface area contributed by atoms with E-state index >= 15 is 0 Å². The second-order valence-corrected chi connectivity index (χ2v) is 7.47. The van der Waals surface area contributed by atoms with Gasteiger partial charge in [0.05, 0.1) is 5.69 Å². The molecule has 1 N–H and O–H groups in total. The van der Waals surface area contributed by atoms with E-state index in [1.165, 1.54) is 30.5 Å². The number of aromatic nitrogens is 1. The highest BCUT2D eigenvalue weighted by molar-refractivity contribution is 7.14. The van der Waals surface area contributed by atoms with Crippen LogP contribution >= 0.6 is 11.3 Å². The summed E-state index contributed by atoms with van der Waals surface area (Å²) < 4.78 is 13.1. The van der Waals surface area contributed by atoms with Crippen LogP contribution in [0.2, 0.25) is 0 Å². The highest BCUT2D eigenvalue weighted by Gasteiger charge is 2.15. The van der Waals surface area contributed by atoms with E-state index in [0.29, 0.717) is 12.1 Å². The van der Waals surface area contributed by atoms with Crippen LogP contribution in [-0.4, -0.2) is 47.5 Å². The minimum absolute atomic E-state index is 0.280. The highest BCUT2D eigenvalue weighted by Crippen LogP contribution is 2.27. The number of carbonyl (C=O) groups excluding carboxylic acids is 1. The van der Waals surface area contributed by atoms with Crippen LogP contribution in [0.15, 0.2) is 53.9 Å². The van der Waals surface area contributed by atoms with Gasteiger partial charge in [-0.05, 0) is 42.0 Å². The Hall–Kier alpha value is -3.26. The van der Waals surface area contributed by atoms with Gasteiger partial charge in [0, 0.05) is 37.1 Å². The predicted molar refractivity (Wildman–Crippen MR) is 111 cm³/mol. The number of aliphatic carboxylic acids is 1. The lowest BCUT2D eigenvalue weighted by molar-refractivity contribution is -0.137. The standard InChI is InChI=1S/C21H20FN3O3S/c1-24(12-19(26)27)20(28)16-5-3-14(4-6-16)11-25(2)21-23-18(13-29-21)15-7-9-17(22)10-8-15/h3-10,13H,11-12H2,1-2H3,(H,26,27). The molecule has 0 saturated heterocycles. The van der Waals surface area contributed by atoms with Gasteiger partial charge in [-0.3, -0.25) is 9.59 Å². The molecule has 1 amide bonds. The van der Waals surface area contributed by atoms with Crippen molar-refractivity contribution in [2.45, 2.75) is 6.54 Å². The summed E-state index contributed by atoms with van der Waals surface area (Å²) in [5.74, 6) is -1.67. The van der Waals surface area contributed by atoms with Gasteiger partial charge in [0.15, 0.2) is 5.13 Å². The number of carboxylic acid groups (broad SMARTS) is 1. The molecule has 3 aromatic rings. The van der Waals surface area contributed by atoms with Crippen molar-refractivity contribution < 1.29 is 19.1 Å². The first-order valence-corrected chi connectivity index (χ1v) is 9.70. The maximum atomic E-state index is 13.1. The van der Waals surface area contributed by atoms with E-state index in [9.17, 15) is 14.0 Å². The van der Waals surface area contributed by atoms with Gasteiger partial charge in [-0.1, -0.05) is 12.1 Å². The highest BCUT2D eigenvalue weighted by atomic mass is 32.1. The fraction of sp³-hybridized carbons (Fsp3) is 0.190. The first-order valence-electron chi connectivity index (χ1n) is 8.82. The summed E-state index contributed by atoms with van der Waals surface area (Å²) in [7, 11) is 3.38. The Morgan fingerprint density at radius 2 is 1.72 bits per heavy atom. The summed E-state index contributed by atoms with van der Waals surface area (Å²) in [6.45, 7) is 0.250. The summed E-state index contributed by atoms with van der Waals surface area (Å²) in [6.07, 6.45) is 0. The van der Waals surface area contributed by atoms with Crippen molar-refractivity contribution in [2.24, 2.45) is 0 Å². The zero-order valence-corrected chi connectivity index (χ0v) is 16.8. The molecule has 150 valence electrons. The normalized spacial score (nSPS) is 10.6. The molecule has 1 heterocycles. The van der Waals surface area contributed by atoms with Gasteiger partial charge in [-0.2, -0.15) is 0 Å². The molecule has 0 atom stereocenters. The molecule has 0 unspecified atom stereocenters. The van der Waals surface area contributed by atoms with Crippen LogP contribution in [-0.2, 0) is 11.3 Å². The molecular weight excluding hydrogens is 393 g/mol. The van der Waals surface area contributed by atoms with Gasteiger partial charge in [0.1, 0.15) is 12.4 Å². The van der Waals surface area contributed by atoms with E-state index in [1.54, 1.807) is 24.3 Å². The lowest BCUT2D eigenvalue weighted by atomic mass is 10.1. The molecule has 0 aliphatic carbocycles. The minimum atomic E-state index is -1.05. The van der Waals surface area contributed by atoms with E-state index in [-0.39, 0.29) is 18.3 Å². The average molecular weight is 413 g/mol. The number of carbonyl (C=O) groups is 2. The molecule has 8 heteroatoms. The SMILES string of the molecule is CN(CC(=O)O)C(=O)c1ccc(CN(C)c2nc(-c3ccc(F)cc3)cs2)cc1. The quantitative estimate of drug-likeness (QED) is 0.639. The van der Waals surface area contributed by atoms with Crippen molar-refractivity contribution in [1.82, 2.24) is 9.88 Å². The number of thiazole rings is 1. The number of hydrogen-bond acceptors (Lipinski definition) is 5. The zero-order chi connectivity index (χ0) is 21.0. The number of anilines is 1. The third-order valence-electron chi connectivity index (χ3n) is 4.30. The monoisotopic (exact) mass is 413 g/mol. The van der Waals surface area contributed by atoms with Crippen molar-refractivity contribution in [3.8, 4) is 11.3 Å². The maximum absolute atomic E-state index is 13.1. The number of halogens is 1. The molecule has 0 aliphatic heterocycles. The van der Waals surface area contributed by atoms with Gasteiger partial charge in [-0.25, -0.2) is 9.37 Å². The van der Waals surface area contributed by atoms with E-state index in [4.69, 9.17) is 5.11 Å². The first kappa shape index (κ1) is 20.5. The number of carboxylic acids is 1. The number of benzene rings is 2. The lowest BCUT2D eigenvalue weighted by Crippen LogP contribution is -2.31. The zero-order valence-electron chi connectivity index (χ0n) is 16.0. The van der Waals surface area contributed by atoms with Crippen molar-refractivity contribution in [2.75, 3.05) is 25.5 Å². The largest absolute Gasteiger partial charge is 0.480 e. The summed E-state index contributed by atoms with van der Waals surface area (Å²) in [5, 5.41) is 11.6. The summed E-state index contributed by atoms with van der Waals surface area (Å²) in [5.41, 5.74) is 3.08. The molecule has 0 spiro atoms. The van der Waals surface area contributed by atoms with E-state index in [0.717, 1.165) is 26.9 Å². The fourth-order valence-corrected chi connectivity index (χ4v) is 3.58. The second kappa shape index (κ2) is 8.83.